The van der Waals surface area contributed by atoms with Crippen molar-refractivity contribution < 1.29 is 40.6 Å². The van der Waals surface area contributed by atoms with Crippen molar-refractivity contribution in [3.05, 3.63) is 117 Å². The zero-order valence-corrected chi connectivity index (χ0v) is 23.2. The van der Waals surface area contributed by atoms with E-state index in [9.17, 15) is 28.1 Å². The van der Waals surface area contributed by atoms with Crippen molar-refractivity contribution >= 4 is 0 Å². The molecule has 4 rings (SSSR count). The van der Waals surface area contributed by atoms with Gasteiger partial charge in [0.15, 0.2) is 23.1 Å². The second kappa shape index (κ2) is 12.4. The van der Waals surface area contributed by atoms with Crippen LogP contribution in [0, 0.1) is 71.4 Å². The van der Waals surface area contributed by atoms with Crippen molar-refractivity contribution in [2.75, 3.05) is 0 Å². The predicted molar refractivity (Wildman–Crippen MR) is 143 cm³/mol. The van der Waals surface area contributed by atoms with E-state index in [1.54, 1.807) is 48.5 Å². The molecule has 4 aromatic carbocycles. The number of ether oxygens (including phenoxy) is 3. The van der Waals surface area contributed by atoms with Gasteiger partial charge in [0.25, 0.3) is 0 Å². The first-order chi connectivity index (χ1) is 20.4. The Hall–Kier alpha value is -5.16. The van der Waals surface area contributed by atoms with Crippen molar-refractivity contribution in [2.45, 2.75) is 39.9 Å². The van der Waals surface area contributed by atoms with Crippen LogP contribution in [0.2, 0.25) is 0 Å². The van der Waals surface area contributed by atoms with Crippen LogP contribution in [0.1, 0.15) is 59.4 Å². The van der Waals surface area contributed by atoms with Gasteiger partial charge in [-0.2, -0.15) is 28.1 Å². The summed E-state index contributed by atoms with van der Waals surface area (Å²) in [6.45, 7) is 6.49. The average Bonchev–Trinajstić information content (AvgIpc) is 2.99. The van der Waals surface area contributed by atoms with Crippen LogP contribution in [0.15, 0.2) is 48.5 Å². The summed E-state index contributed by atoms with van der Waals surface area (Å²) in [6, 6.07) is 15.9. The number of aryl methyl sites for hydroxylation is 2. The third kappa shape index (κ3) is 5.93. The number of nitrogens with zero attached hydrogens (tertiary/aromatic N) is 2. The van der Waals surface area contributed by atoms with Gasteiger partial charge < -0.3 is 14.2 Å². The Balaban J connectivity index is 1.81. The lowest BCUT2D eigenvalue weighted by Crippen LogP contribution is -2.12. The molecule has 4 aromatic rings. The maximum Gasteiger partial charge on any atom is 0.212 e. The fourth-order valence-electron chi connectivity index (χ4n) is 4.10. The minimum absolute atomic E-state index is 0.469. The number of hydrogen-bond acceptors (Lipinski definition) is 5. The highest BCUT2D eigenvalue weighted by Crippen LogP contribution is 2.44. The third-order valence-electron chi connectivity index (χ3n) is 6.59. The lowest BCUT2D eigenvalue weighted by Gasteiger charge is -2.21. The molecule has 0 saturated heterocycles. The van der Waals surface area contributed by atoms with Gasteiger partial charge in [0.05, 0.1) is 0 Å². The smallest absolute Gasteiger partial charge is 0.212 e. The van der Waals surface area contributed by atoms with Crippen LogP contribution in [0.25, 0.3) is 0 Å². The molecule has 0 aliphatic rings. The standard InChI is InChI=1S/C32H22F6N2O3/c1-15-5-9-19(10-6-15)17(3)41-29-21(13-39)23(33)25(35)31(27(29)37)43-32-26(36)24(34)22(14-40)30(28(32)38)42-18(4)20-11-7-16(2)8-12-20/h5-12,17-18H,1-4H3. The monoisotopic (exact) mass is 596 g/mol. The van der Waals surface area contributed by atoms with Crippen molar-refractivity contribution in [1.29, 1.82) is 10.5 Å². The largest absolute Gasteiger partial charge is 0.481 e. The van der Waals surface area contributed by atoms with Gasteiger partial charge in [-0.25, -0.2) is 8.78 Å². The summed E-state index contributed by atoms with van der Waals surface area (Å²) in [7, 11) is 0. The van der Waals surface area contributed by atoms with Crippen LogP contribution in [0.5, 0.6) is 23.0 Å². The normalized spacial score (nSPS) is 12.2. The van der Waals surface area contributed by atoms with Crippen molar-refractivity contribution in [1.82, 2.24) is 0 Å². The molecule has 0 bridgehead atoms. The first-order valence-electron chi connectivity index (χ1n) is 12.7. The molecular weight excluding hydrogens is 574 g/mol. The summed E-state index contributed by atoms with van der Waals surface area (Å²) in [5.41, 5.74) is 0.361. The molecule has 0 heterocycles. The number of benzene rings is 4. The van der Waals surface area contributed by atoms with Crippen LogP contribution in [-0.2, 0) is 0 Å². The Morgan fingerprint density at radius 3 is 1.14 bits per heavy atom. The highest BCUT2D eigenvalue weighted by atomic mass is 19.2. The van der Waals surface area contributed by atoms with E-state index in [0.29, 0.717) is 11.1 Å². The van der Waals surface area contributed by atoms with E-state index in [2.05, 4.69) is 0 Å². The van der Waals surface area contributed by atoms with E-state index < -0.39 is 81.2 Å². The predicted octanol–water partition coefficient (Wildman–Crippen LogP) is 8.95. The van der Waals surface area contributed by atoms with Gasteiger partial charge in [-0.1, -0.05) is 59.7 Å². The molecule has 0 amide bonds. The number of nitriles is 2. The average molecular weight is 597 g/mol. The lowest BCUT2D eigenvalue weighted by atomic mass is 10.1. The Labute approximate surface area is 243 Å². The summed E-state index contributed by atoms with van der Waals surface area (Å²) in [6.07, 6.45) is -2.02. The summed E-state index contributed by atoms with van der Waals surface area (Å²) >= 11 is 0. The summed E-state index contributed by atoms with van der Waals surface area (Å²) < 4.78 is 107. The maximum absolute atomic E-state index is 15.6. The Bertz CT molecular complexity index is 1650. The molecule has 0 saturated carbocycles. The fraction of sp³-hybridized carbons (Fsp3) is 0.188. The van der Waals surface area contributed by atoms with E-state index in [0.717, 1.165) is 11.1 Å². The Kier molecular flexibility index (Phi) is 8.86. The maximum atomic E-state index is 15.6. The highest BCUT2D eigenvalue weighted by Gasteiger charge is 2.34. The van der Waals surface area contributed by atoms with Gasteiger partial charge in [-0.15, -0.1) is 0 Å². The van der Waals surface area contributed by atoms with Crippen LogP contribution in [0.3, 0.4) is 0 Å². The molecule has 5 nitrogen and oxygen atoms in total. The molecule has 11 heteroatoms. The van der Waals surface area contributed by atoms with Gasteiger partial charge in [-0.05, 0) is 38.8 Å². The van der Waals surface area contributed by atoms with E-state index in [-0.39, 0.29) is 0 Å². The first-order valence-corrected chi connectivity index (χ1v) is 12.7. The lowest BCUT2D eigenvalue weighted by molar-refractivity contribution is 0.205. The van der Waals surface area contributed by atoms with Gasteiger partial charge in [0.2, 0.25) is 34.8 Å². The molecule has 0 fully saturated rings. The molecule has 0 radical (unpaired) electrons. The molecule has 0 aromatic heterocycles. The first kappa shape index (κ1) is 30.8. The van der Waals surface area contributed by atoms with Crippen LogP contribution < -0.4 is 14.2 Å². The summed E-state index contributed by atoms with van der Waals surface area (Å²) in [5.74, 6) is -17.5. The number of hydrogen-bond donors (Lipinski definition) is 0. The van der Waals surface area contributed by atoms with Crippen LogP contribution >= 0.6 is 0 Å². The van der Waals surface area contributed by atoms with Gasteiger partial charge >= 0.3 is 0 Å². The third-order valence-corrected chi connectivity index (χ3v) is 6.59. The second-order valence-electron chi connectivity index (χ2n) is 9.62. The van der Waals surface area contributed by atoms with Crippen LogP contribution in [0.4, 0.5) is 26.3 Å². The summed E-state index contributed by atoms with van der Waals surface area (Å²) in [5, 5.41) is 18.8. The topological polar surface area (TPSA) is 75.3 Å². The highest BCUT2D eigenvalue weighted by molar-refractivity contribution is 5.55. The van der Waals surface area contributed by atoms with Crippen LogP contribution in [-0.4, -0.2) is 0 Å². The quantitative estimate of drug-likeness (QED) is 0.150. The minimum Gasteiger partial charge on any atom is -0.481 e. The van der Waals surface area contributed by atoms with E-state index in [1.807, 2.05) is 13.8 Å². The molecule has 0 aliphatic heterocycles. The SMILES string of the molecule is Cc1ccc(C(C)Oc2c(F)c(Oc3c(F)c(F)c(C#N)c(OC(C)c4ccc(C)cc4)c3F)c(F)c(F)c2C#N)cc1. The fourth-order valence-corrected chi connectivity index (χ4v) is 4.10. The number of rotatable bonds is 8. The van der Waals surface area contributed by atoms with Crippen molar-refractivity contribution in [3.63, 3.8) is 0 Å². The second-order valence-corrected chi connectivity index (χ2v) is 9.62. The van der Waals surface area contributed by atoms with Gasteiger partial charge in [0.1, 0.15) is 35.5 Å². The Morgan fingerprint density at radius 2 is 0.837 bits per heavy atom. The molecule has 2 atom stereocenters. The molecule has 0 aliphatic carbocycles. The zero-order valence-electron chi connectivity index (χ0n) is 23.2. The van der Waals surface area contributed by atoms with E-state index in [4.69, 9.17) is 14.2 Å². The molecule has 0 spiro atoms. The van der Waals surface area contributed by atoms with E-state index >= 15 is 8.78 Å². The van der Waals surface area contributed by atoms with Gasteiger partial charge in [0, 0.05) is 0 Å². The van der Waals surface area contributed by atoms with E-state index in [1.165, 1.54) is 26.0 Å². The minimum atomic E-state index is -2.14. The molecule has 43 heavy (non-hydrogen) atoms. The van der Waals surface area contributed by atoms with Crippen molar-refractivity contribution in [2.24, 2.45) is 0 Å². The zero-order chi connectivity index (χ0) is 31.6. The molecule has 2 unspecified atom stereocenters. The van der Waals surface area contributed by atoms with Gasteiger partial charge in [-0.3, -0.25) is 0 Å². The molecule has 0 N–H and O–H groups in total. The number of halogens is 6. The molecule has 220 valence electrons. The Morgan fingerprint density at radius 1 is 0.512 bits per heavy atom. The molecular formula is C32H22F6N2O3. The summed E-state index contributed by atoms with van der Waals surface area (Å²) in [4.78, 5) is 0. The van der Waals surface area contributed by atoms with Crippen molar-refractivity contribution in [3.8, 4) is 35.1 Å².